The van der Waals surface area contributed by atoms with Gasteiger partial charge in [0.2, 0.25) is 5.91 Å². The van der Waals surface area contributed by atoms with Crippen molar-refractivity contribution < 1.29 is 9.59 Å². The lowest BCUT2D eigenvalue weighted by molar-refractivity contribution is -0.127. The number of rotatable bonds is 2. The van der Waals surface area contributed by atoms with Gasteiger partial charge in [-0.2, -0.15) is 0 Å². The zero-order valence-corrected chi connectivity index (χ0v) is 7.53. The van der Waals surface area contributed by atoms with Gasteiger partial charge in [0.15, 0.2) is 0 Å². The first-order chi connectivity index (χ1) is 6.16. The summed E-state index contributed by atoms with van der Waals surface area (Å²) in [6.07, 6.45) is 3.32. The normalized spacial score (nSPS) is 33.7. The van der Waals surface area contributed by atoms with Crippen molar-refractivity contribution in [1.82, 2.24) is 4.90 Å². The van der Waals surface area contributed by atoms with E-state index >= 15 is 0 Å². The summed E-state index contributed by atoms with van der Waals surface area (Å²) in [6, 6.07) is 0.581. The number of hydrogen-bond acceptors (Lipinski definition) is 3. The molecule has 4 heteroatoms. The first-order valence-corrected chi connectivity index (χ1v) is 4.72. The van der Waals surface area contributed by atoms with Gasteiger partial charge in [0.05, 0.1) is 6.54 Å². The number of amides is 1. The van der Waals surface area contributed by atoms with Crippen molar-refractivity contribution in [3.05, 3.63) is 0 Å². The van der Waals surface area contributed by atoms with E-state index in [1.165, 1.54) is 0 Å². The third-order valence-electron chi connectivity index (χ3n) is 3.04. The van der Waals surface area contributed by atoms with Crippen molar-refractivity contribution in [1.29, 1.82) is 0 Å². The summed E-state index contributed by atoms with van der Waals surface area (Å²) in [7, 11) is 0. The zero-order valence-electron chi connectivity index (χ0n) is 7.53. The number of nitrogens with two attached hydrogens (primary N) is 1. The van der Waals surface area contributed by atoms with Crippen LogP contribution in [0.2, 0.25) is 0 Å². The molecule has 2 rings (SSSR count). The fourth-order valence-electron chi connectivity index (χ4n) is 2.50. The van der Waals surface area contributed by atoms with Gasteiger partial charge in [0.25, 0.3) is 0 Å². The molecule has 13 heavy (non-hydrogen) atoms. The maximum atomic E-state index is 11.2. The molecule has 2 atom stereocenters. The van der Waals surface area contributed by atoms with Crippen LogP contribution in [-0.4, -0.2) is 35.2 Å². The Labute approximate surface area is 77.1 Å². The fraction of sp³-hybridized carbons (Fsp3) is 0.778. The summed E-state index contributed by atoms with van der Waals surface area (Å²) < 4.78 is 0. The maximum Gasteiger partial charge on any atom is 0.231 e. The zero-order chi connectivity index (χ0) is 9.42. The summed E-state index contributed by atoms with van der Waals surface area (Å²) in [5, 5.41) is 0. The number of ketones is 1. The van der Waals surface area contributed by atoms with Gasteiger partial charge < -0.3 is 5.73 Å². The van der Waals surface area contributed by atoms with E-state index in [1.54, 1.807) is 0 Å². The van der Waals surface area contributed by atoms with Crippen molar-refractivity contribution in [3.63, 3.8) is 0 Å². The third-order valence-corrected chi connectivity index (χ3v) is 3.04. The number of carbonyl (C=O) groups is 2. The van der Waals surface area contributed by atoms with E-state index < -0.39 is 0 Å². The van der Waals surface area contributed by atoms with Gasteiger partial charge in [0, 0.05) is 24.9 Å². The first kappa shape index (κ1) is 8.69. The molecule has 2 aliphatic rings. The molecule has 0 aliphatic carbocycles. The first-order valence-electron chi connectivity index (χ1n) is 4.72. The summed E-state index contributed by atoms with van der Waals surface area (Å²) in [5.41, 5.74) is 5.14. The van der Waals surface area contributed by atoms with Crippen molar-refractivity contribution in [3.8, 4) is 0 Å². The van der Waals surface area contributed by atoms with Gasteiger partial charge in [-0.1, -0.05) is 0 Å². The Morgan fingerprint density at radius 2 is 1.92 bits per heavy atom. The van der Waals surface area contributed by atoms with Crippen LogP contribution in [0.5, 0.6) is 0 Å². The standard InChI is InChI=1S/C9H14N2O2/c10-9(13)5-11-6-1-2-7(11)4-8(12)3-6/h6-7H,1-5H2,(H2,10,13). The van der Waals surface area contributed by atoms with Crippen LogP contribution in [0.1, 0.15) is 25.7 Å². The number of hydrogen-bond donors (Lipinski definition) is 1. The molecule has 2 aliphatic heterocycles. The lowest BCUT2D eigenvalue weighted by Crippen LogP contribution is -2.47. The summed E-state index contributed by atoms with van der Waals surface area (Å²) in [6.45, 7) is 0.322. The van der Waals surface area contributed by atoms with E-state index in [2.05, 4.69) is 4.90 Å². The number of primary amides is 1. The van der Waals surface area contributed by atoms with Gasteiger partial charge in [-0.05, 0) is 12.8 Å². The van der Waals surface area contributed by atoms with Crippen LogP contribution in [-0.2, 0) is 9.59 Å². The molecule has 2 fully saturated rings. The Morgan fingerprint density at radius 3 is 2.38 bits per heavy atom. The van der Waals surface area contributed by atoms with Crippen molar-refractivity contribution >= 4 is 11.7 Å². The van der Waals surface area contributed by atoms with Crippen LogP contribution < -0.4 is 5.73 Å². The monoisotopic (exact) mass is 182 g/mol. The Hall–Kier alpha value is -0.900. The molecule has 0 aromatic carbocycles. The van der Waals surface area contributed by atoms with E-state index in [-0.39, 0.29) is 5.91 Å². The quantitative estimate of drug-likeness (QED) is 0.636. The summed E-state index contributed by atoms with van der Waals surface area (Å²) >= 11 is 0. The third kappa shape index (κ3) is 1.58. The number of Topliss-reactive ketones (excluding diaryl/α,β-unsaturated/α-hetero) is 1. The van der Waals surface area contributed by atoms with E-state index in [1.807, 2.05) is 0 Å². The SMILES string of the molecule is NC(=O)CN1C2CCC1CC(=O)C2. The molecule has 0 radical (unpaired) electrons. The minimum absolute atomic E-state index is 0.286. The highest BCUT2D eigenvalue weighted by Gasteiger charge is 2.40. The molecule has 0 saturated carbocycles. The number of piperidine rings is 1. The molecule has 0 aromatic heterocycles. The average molecular weight is 182 g/mol. The predicted octanol–water partition coefficient (Wildman–Crippen LogP) is -0.332. The molecule has 0 aromatic rings. The van der Waals surface area contributed by atoms with Gasteiger partial charge >= 0.3 is 0 Å². The molecular weight excluding hydrogens is 168 g/mol. The molecule has 72 valence electrons. The van der Waals surface area contributed by atoms with E-state index in [0.29, 0.717) is 37.3 Å². The lowest BCUT2D eigenvalue weighted by atomic mass is 10.0. The number of carbonyl (C=O) groups excluding carboxylic acids is 2. The molecule has 0 spiro atoms. The van der Waals surface area contributed by atoms with Crippen LogP contribution in [0, 0.1) is 0 Å². The molecule has 4 nitrogen and oxygen atoms in total. The topological polar surface area (TPSA) is 63.4 Å². The van der Waals surface area contributed by atoms with Gasteiger partial charge in [0.1, 0.15) is 5.78 Å². The van der Waals surface area contributed by atoms with Crippen LogP contribution in [0.25, 0.3) is 0 Å². The van der Waals surface area contributed by atoms with E-state index in [0.717, 1.165) is 12.8 Å². The smallest absolute Gasteiger partial charge is 0.231 e. The Morgan fingerprint density at radius 1 is 1.38 bits per heavy atom. The van der Waals surface area contributed by atoms with Gasteiger partial charge in [-0.15, -0.1) is 0 Å². The van der Waals surface area contributed by atoms with Gasteiger partial charge in [-0.25, -0.2) is 0 Å². The molecule has 2 heterocycles. The molecule has 2 unspecified atom stereocenters. The summed E-state index contributed by atoms with van der Waals surface area (Å²) in [4.78, 5) is 24.1. The van der Waals surface area contributed by atoms with Crippen molar-refractivity contribution in [2.24, 2.45) is 5.73 Å². The van der Waals surface area contributed by atoms with Crippen molar-refractivity contribution in [2.45, 2.75) is 37.8 Å². The predicted molar refractivity (Wildman–Crippen MR) is 47.0 cm³/mol. The van der Waals surface area contributed by atoms with E-state index in [4.69, 9.17) is 5.73 Å². The highest BCUT2D eigenvalue weighted by molar-refractivity contribution is 5.82. The molecule has 2 N–H and O–H groups in total. The second-order valence-electron chi connectivity index (χ2n) is 3.97. The number of nitrogens with zero attached hydrogens (tertiary/aromatic N) is 1. The second kappa shape index (κ2) is 3.10. The Balaban J connectivity index is 2.06. The Kier molecular flexibility index (Phi) is 2.07. The Bertz CT molecular complexity index is 236. The molecular formula is C9H14N2O2. The maximum absolute atomic E-state index is 11.2. The minimum atomic E-state index is -0.286. The van der Waals surface area contributed by atoms with Gasteiger partial charge in [-0.3, -0.25) is 14.5 Å². The number of fused-ring (bicyclic) bond motifs is 2. The summed E-state index contributed by atoms with van der Waals surface area (Å²) in [5.74, 6) is 0.0551. The highest BCUT2D eigenvalue weighted by Crippen LogP contribution is 2.33. The molecule has 2 saturated heterocycles. The second-order valence-corrected chi connectivity index (χ2v) is 3.97. The van der Waals surface area contributed by atoms with Crippen molar-refractivity contribution in [2.75, 3.05) is 6.54 Å². The highest BCUT2D eigenvalue weighted by atomic mass is 16.1. The van der Waals surface area contributed by atoms with Crippen LogP contribution in [0.15, 0.2) is 0 Å². The largest absolute Gasteiger partial charge is 0.369 e. The van der Waals surface area contributed by atoms with E-state index in [9.17, 15) is 9.59 Å². The molecule has 2 bridgehead atoms. The average Bonchev–Trinajstić information content (AvgIpc) is 2.32. The van der Waals surface area contributed by atoms with Crippen LogP contribution >= 0.6 is 0 Å². The lowest BCUT2D eigenvalue weighted by Gasteiger charge is -2.32. The van der Waals surface area contributed by atoms with Crippen LogP contribution in [0.4, 0.5) is 0 Å². The minimum Gasteiger partial charge on any atom is -0.369 e. The molecule has 1 amide bonds. The fourth-order valence-corrected chi connectivity index (χ4v) is 2.50. The van der Waals surface area contributed by atoms with Crippen LogP contribution in [0.3, 0.4) is 0 Å².